The summed E-state index contributed by atoms with van der Waals surface area (Å²) in [5.74, 6) is 0.721. The first kappa shape index (κ1) is 26.2. The highest BCUT2D eigenvalue weighted by atomic mass is 127. The standard InChI is InChI=1S/C22H30ClN5O.HI/c1-24-22(28(4)16-17-8-10-20(23)11-9-17)26-15-18-6-5-7-19(14-18)21(29)25-12-13-27(2)3;/h5-11,14H,12-13,15-16H2,1-4H3,(H,24,26)(H,25,29);1H. The highest BCUT2D eigenvalue weighted by Crippen LogP contribution is 2.11. The average molecular weight is 544 g/mol. The van der Waals surface area contributed by atoms with E-state index in [1.165, 1.54) is 0 Å². The molecule has 0 aliphatic rings. The molecule has 1 amide bonds. The van der Waals surface area contributed by atoms with Crippen LogP contribution in [0.3, 0.4) is 0 Å². The van der Waals surface area contributed by atoms with Crippen LogP contribution < -0.4 is 10.6 Å². The number of halogens is 2. The quantitative estimate of drug-likeness (QED) is 0.304. The maximum Gasteiger partial charge on any atom is 0.251 e. The number of amides is 1. The Labute approximate surface area is 201 Å². The lowest BCUT2D eigenvalue weighted by Gasteiger charge is -2.22. The summed E-state index contributed by atoms with van der Waals surface area (Å²) in [6.07, 6.45) is 0. The summed E-state index contributed by atoms with van der Waals surface area (Å²) in [4.78, 5) is 20.7. The van der Waals surface area contributed by atoms with Crippen molar-refractivity contribution in [3.63, 3.8) is 0 Å². The normalized spacial score (nSPS) is 11.1. The minimum absolute atomic E-state index is 0. The van der Waals surface area contributed by atoms with Gasteiger partial charge in [-0.2, -0.15) is 0 Å². The monoisotopic (exact) mass is 543 g/mol. The van der Waals surface area contributed by atoms with Gasteiger partial charge in [0.1, 0.15) is 0 Å². The molecule has 0 aliphatic heterocycles. The lowest BCUT2D eigenvalue weighted by molar-refractivity contribution is 0.0951. The first-order valence-electron chi connectivity index (χ1n) is 9.57. The van der Waals surface area contributed by atoms with Crippen LogP contribution in [0, 0.1) is 0 Å². The fraction of sp³-hybridized carbons (Fsp3) is 0.364. The molecule has 2 aromatic rings. The second kappa shape index (κ2) is 13.5. The van der Waals surface area contributed by atoms with Crippen molar-refractivity contribution < 1.29 is 4.79 Å². The first-order chi connectivity index (χ1) is 13.9. The third-order valence-corrected chi connectivity index (χ3v) is 4.64. The molecule has 6 nitrogen and oxygen atoms in total. The Morgan fingerprint density at radius 2 is 1.73 bits per heavy atom. The predicted molar refractivity (Wildman–Crippen MR) is 136 cm³/mol. The number of hydrogen-bond donors (Lipinski definition) is 2. The number of nitrogens with zero attached hydrogens (tertiary/aromatic N) is 3. The Morgan fingerprint density at radius 1 is 1.03 bits per heavy atom. The molecule has 0 aromatic heterocycles. The summed E-state index contributed by atoms with van der Waals surface area (Å²) in [5, 5.41) is 7.02. The first-order valence-corrected chi connectivity index (χ1v) is 9.95. The molecule has 0 spiro atoms. The maximum atomic E-state index is 12.3. The van der Waals surface area contributed by atoms with Crippen LogP contribution in [0.1, 0.15) is 21.5 Å². The van der Waals surface area contributed by atoms with E-state index in [1.54, 1.807) is 7.05 Å². The third-order valence-electron chi connectivity index (χ3n) is 4.39. The molecule has 2 aromatic carbocycles. The van der Waals surface area contributed by atoms with E-state index in [0.29, 0.717) is 25.2 Å². The highest BCUT2D eigenvalue weighted by Gasteiger charge is 2.09. The second-order valence-corrected chi connectivity index (χ2v) is 7.58. The number of carbonyl (C=O) groups is 1. The zero-order valence-corrected chi connectivity index (χ0v) is 21.1. The van der Waals surface area contributed by atoms with E-state index in [0.717, 1.165) is 28.7 Å². The van der Waals surface area contributed by atoms with Crippen molar-refractivity contribution in [1.82, 2.24) is 20.4 Å². The van der Waals surface area contributed by atoms with Crippen LogP contribution in [-0.2, 0) is 13.1 Å². The van der Waals surface area contributed by atoms with Crippen LogP contribution in [0.25, 0.3) is 0 Å². The van der Waals surface area contributed by atoms with Gasteiger partial charge in [-0.05, 0) is 49.5 Å². The summed E-state index contributed by atoms with van der Waals surface area (Å²) in [6.45, 7) is 2.72. The van der Waals surface area contributed by atoms with Gasteiger partial charge in [-0.15, -0.1) is 24.0 Å². The lowest BCUT2D eigenvalue weighted by Crippen LogP contribution is -2.38. The number of aliphatic imine (C=N–C) groups is 1. The van der Waals surface area contributed by atoms with Crippen LogP contribution in [0.2, 0.25) is 5.02 Å². The summed E-state index contributed by atoms with van der Waals surface area (Å²) in [6, 6.07) is 15.4. The van der Waals surface area contributed by atoms with E-state index < -0.39 is 0 Å². The number of guanidine groups is 1. The summed E-state index contributed by atoms with van der Waals surface area (Å²) < 4.78 is 0. The maximum absolute atomic E-state index is 12.3. The molecule has 0 radical (unpaired) electrons. The summed E-state index contributed by atoms with van der Waals surface area (Å²) in [7, 11) is 7.71. The SMILES string of the molecule is CN=C(NCc1cccc(C(=O)NCCN(C)C)c1)N(C)Cc1ccc(Cl)cc1.I. The lowest BCUT2D eigenvalue weighted by atomic mass is 10.1. The van der Waals surface area contributed by atoms with Crippen molar-refractivity contribution in [1.29, 1.82) is 0 Å². The Morgan fingerprint density at radius 3 is 2.37 bits per heavy atom. The van der Waals surface area contributed by atoms with Crippen LogP contribution in [0.15, 0.2) is 53.5 Å². The Hall–Kier alpha value is -1.84. The Bertz CT molecular complexity index is 827. The molecule has 2 N–H and O–H groups in total. The molecule has 164 valence electrons. The van der Waals surface area contributed by atoms with E-state index in [1.807, 2.05) is 79.5 Å². The molecule has 0 fully saturated rings. The zero-order chi connectivity index (χ0) is 21.2. The fourth-order valence-electron chi connectivity index (χ4n) is 2.82. The molecule has 0 saturated heterocycles. The van der Waals surface area contributed by atoms with Gasteiger partial charge < -0.3 is 20.4 Å². The molecular weight excluding hydrogens is 513 g/mol. The van der Waals surface area contributed by atoms with Crippen LogP contribution in [0.4, 0.5) is 0 Å². The van der Waals surface area contributed by atoms with Gasteiger partial charge in [0, 0.05) is 50.9 Å². The topological polar surface area (TPSA) is 60.0 Å². The molecule has 8 heteroatoms. The van der Waals surface area contributed by atoms with E-state index in [9.17, 15) is 4.79 Å². The number of likely N-dealkylation sites (N-methyl/N-ethyl adjacent to an activating group) is 1. The predicted octanol–water partition coefficient (Wildman–Crippen LogP) is 3.46. The van der Waals surface area contributed by atoms with Crippen LogP contribution in [0.5, 0.6) is 0 Å². The van der Waals surface area contributed by atoms with Gasteiger partial charge in [-0.3, -0.25) is 9.79 Å². The van der Waals surface area contributed by atoms with Crippen molar-refractivity contribution >= 4 is 47.4 Å². The zero-order valence-electron chi connectivity index (χ0n) is 18.0. The van der Waals surface area contributed by atoms with Crippen LogP contribution >= 0.6 is 35.6 Å². The average Bonchev–Trinajstić information content (AvgIpc) is 2.70. The number of benzene rings is 2. The molecular formula is C22H31ClIN5O. The minimum Gasteiger partial charge on any atom is -0.352 e. The number of rotatable bonds is 8. The third kappa shape index (κ3) is 8.89. The van der Waals surface area contributed by atoms with Gasteiger partial charge >= 0.3 is 0 Å². The van der Waals surface area contributed by atoms with Crippen molar-refractivity contribution in [3.8, 4) is 0 Å². The van der Waals surface area contributed by atoms with E-state index >= 15 is 0 Å². The second-order valence-electron chi connectivity index (χ2n) is 7.14. The van der Waals surface area contributed by atoms with E-state index in [2.05, 4.69) is 15.6 Å². The van der Waals surface area contributed by atoms with E-state index in [4.69, 9.17) is 11.6 Å². The van der Waals surface area contributed by atoms with Crippen molar-refractivity contribution in [3.05, 3.63) is 70.2 Å². The molecule has 0 heterocycles. The number of nitrogens with one attached hydrogen (secondary N) is 2. The van der Waals surface area contributed by atoms with Gasteiger partial charge in [-0.1, -0.05) is 35.9 Å². The van der Waals surface area contributed by atoms with E-state index in [-0.39, 0.29) is 29.9 Å². The molecule has 0 saturated carbocycles. The van der Waals surface area contributed by atoms with Gasteiger partial charge in [0.2, 0.25) is 0 Å². The fourth-order valence-corrected chi connectivity index (χ4v) is 2.95. The van der Waals surface area contributed by atoms with Crippen molar-refractivity contribution in [2.24, 2.45) is 4.99 Å². The molecule has 30 heavy (non-hydrogen) atoms. The summed E-state index contributed by atoms with van der Waals surface area (Å²) in [5.41, 5.74) is 2.83. The highest BCUT2D eigenvalue weighted by molar-refractivity contribution is 14.0. The molecule has 0 bridgehead atoms. The Balaban J connectivity index is 0.00000450. The number of carbonyl (C=O) groups excluding carboxylic acids is 1. The Kier molecular flexibility index (Phi) is 11.8. The smallest absolute Gasteiger partial charge is 0.251 e. The van der Waals surface area contributed by atoms with Gasteiger partial charge in [-0.25, -0.2) is 0 Å². The summed E-state index contributed by atoms with van der Waals surface area (Å²) >= 11 is 5.95. The molecule has 0 atom stereocenters. The van der Waals surface area contributed by atoms with Gasteiger partial charge in [0.05, 0.1) is 0 Å². The minimum atomic E-state index is -0.0575. The largest absolute Gasteiger partial charge is 0.352 e. The molecule has 0 unspecified atom stereocenters. The van der Waals surface area contributed by atoms with Gasteiger partial charge in [0.25, 0.3) is 5.91 Å². The van der Waals surface area contributed by atoms with Gasteiger partial charge in [0.15, 0.2) is 5.96 Å². The number of hydrogen-bond acceptors (Lipinski definition) is 3. The molecule has 0 aliphatic carbocycles. The van der Waals surface area contributed by atoms with Crippen molar-refractivity contribution in [2.75, 3.05) is 41.3 Å². The van der Waals surface area contributed by atoms with Crippen molar-refractivity contribution in [2.45, 2.75) is 13.1 Å². The van der Waals surface area contributed by atoms with Crippen LogP contribution in [-0.4, -0.2) is 62.9 Å². The molecule has 2 rings (SSSR count).